The molecule has 0 aliphatic carbocycles. The van der Waals surface area contributed by atoms with Crippen molar-refractivity contribution in [2.45, 2.75) is 12.5 Å². The molecule has 2 aromatic rings. The summed E-state index contributed by atoms with van der Waals surface area (Å²) in [6.45, 7) is 2.24. The molecule has 3 rings (SSSR count). The number of hydrogen-bond acceptors (Lipinski definition) is 6. The molecule has 0 unspecified atom stereocenters. The Balaban J connectivity index is 0.00000161. The van der Waals surface area contributed by atoms with Gasteiger partial charge in [-0.05, 0) is 17.7 Å². The largest absolute Gasteiger partial charge is 0.497 e. The molecule has 1 saturated heterocycles. The van der Waals surface area contributed by atoms with Gasteiger partial charge in [0.25, 0.3) is 5.89 Å². The maximum atomic E-state index is 5.58. The molecule has 0 radical (unpaired) electrons. The molecule has 0 spiro atoms. The van der Waals surface area contributed by atoms with Crippen LogP contribution >= 0.6 is 12.4 Å². The third kappa shape index (κ3) is 3.93. The van der Waals surface area contributed by atoms with Crippen molar-refractivity contribution in [2.24, 2.45) is 0 Å². The molecular weight excluding hydrogens is 294 g/mol. The summed E-state index contributed by atoms with van der Waals surface area (Å²) < 4.78 is 16.0. The van der Waals surface area contributed by atoms with E-state index in [1.54, 1.807) is 7.11 Å². The highest BCUT2D eigenvalue weighted by Crippen LogP contribution is 2.18. The van der Waals surface area contributed by atoms with Gasteiger partial charge in [0.15, 0.2) is 5.82 Å². The molecule has 1 aliphatic heterocycles. The molecule has 2 heterocycles. The fourth-order valence-electron chi connectivity index (χ4n) is 2.12. The molecule has 6 nitrogen and oxygen atoms in total. The summed E-state index contributed by atoms with van der Waals surface area (Å²) in [6.07, 6.45) is 0.494. The van der Waals surface area contributed by atoms with E-state index in [2.05, 4.69) is 15.5 Å². The Morgan fingerprint density at radius 2 is 2.14 bits per heavy atom. The van der Waals surface area contributed by atoms with Crippen LogP contribution in [0.15, 0.2) is 28.8 Å². The van der Waals surface area contributed by atoms with Crippen LogP contribution < -0.4 is 10.1 Å². The van der Waals surface area contributed by atoms with Crippen LogP contribution in [0.2, 0.25) is 0 Å². The highest BCUT2D eigenvalue weighted by atomic mass is 35.5. The highest BCUT2D eigenvalue weighted by molar-refractivity contribution is 5.85. The van der Waals surface area contributed by atoms with Crippen molar-refractivity contribution in [1.82, 2.24) is 15.5 Å². The number of rotatable bonds is 4. The second-order valence-electron chi connectivity index (χ2n) is 4.64. The van der Waals surface area contributed by atoms with Crippen molar-refractivity contribution in [1.29, 1.82) is 0 Å². The number of morpholine rings is 1. The third-order valence-electron chi connectivity index (χ3n) is 3.21. The maximum absolute atomic E-state index is 5.58. The minimum Gasteiger partial charge on any atom is -0.497 e. The lowest BCUT2D eigenvalue weighted by Crippen LogP contribution is -2.33. The molecule has 1 aromatic carbocycles. The first kappa shape index (κ1) is 15.8. The summed E-state index contributed by atoms with van der Waals surface area (Å²) in [5.41, 5.74) is 1.11. The summed E-state index contributed by atoms with van der Waals surface area (Å²) in [7, 11) is 1.65. The van der Waals surface area contributed by atoms with E-state index in [0.29, 0.717) is 31.3 Å². The van der Waals surface area contributed by atoms with Crippen molar-refractivity contribution >= 4 is 12.4 Å². The molecule has 21 heavy (non-hydrogen) atoms. The fourth-order valence-corrected chi connectivity index (χ4v) is 2.12. The predicted octanol–water partition coefficient (Wildman–Crippen LogP) is 1.75. The third-order valence-corrected chi connectivity index (χ3v) is 3.21. The maximum Gasteiger partial charge on any atom is 0.257 e. The lowest BCUT2D eigenvalue weighted by atomic mass is 10.1. The van der Waals surface area contributed by atoms with Crippen LogP contribution in [0.5, 0.6) is 5.75 Å². The zero-order valence-corrected chi connectivity index (χ0v) is 12.6. The van der Waals surface area contributed by atoms with Gasteiger partial charge in [0.1, 0.15) is 11.9 Å². The first-order valence-corrected chi connectivity index (χ1v) is 6.63. The Morgan fingerprint density at radius 1 is 1.33 bits per heavy atom. The molecule has 1 atom stereocenters. The van der Waals surface area contributed by atoms with Crippen LogP contribution in [0.4, 0.5) is 0 Å². The van der Waals surface area contributed by atoms with Crippen molar-refractivity contribution in [3.63, 3.8) is 0 Å². The van der Waals surface area contributed by atoms with Gasteiger partial charge < -0.3 is 19.3 Å². The molecule has 1 N–H and O–H groups in total. The summed E-state index contributed by atoms with van der Waals surface area (Å²) >= 11 is 0. The van der Waals surface area contributed by atoms with Crippen LogP contribution in [-0.4, -0.2) is 36.9 Å². The molecular formula is C14H18ClN3O3. The van der Waals surface area contributed by atoms with Crippen LogP contribution in [0.1, 0.15) is 23.4 Å². The van der Waals surface area contributed by atoms with Gasteiger partial charge in [-0.15, -0.1) is 12.4 Å². The van der Waals surface area contributed by atoms with E-state index in [4.69, 9.17) is 14.0 Å². The number of hydrogen-bond donors (Lipinski definition) is 1. The van der Waals surface area contributed by atoms with Crippen LogP contribution in [0, 0.1) is 0 Å². The van der Waals surface area contributed by atoms with Gasteiger partial charge in [0.05, 0.1) is 13.7 Å². The van der Waals surface area contributed by atoms with E-state index in [0.717, 1.165) is 17.9 Å². The average Bonchev–Trinajstić information content (AvgIpc) is 2.97. The number of halogens is 1. The molecule has 0 amide bonds. The number of benzene rings is 1. The Labute approximate surface area is 129 Å². The number of nitrogens with zero attached hydrogens (tertiary/aromatic N) is 2. The van der Waals surface area contributed by atoms with Gasteiger partial charge in [0, 0.05) is 19.5 Å². The molecule has 7 heteroatoms. The minimum atomic E-state index is -0.138. The number of ether oxygens (including phenoxy) is 2. The average molecular weight is 312 g/mol. The normalized spacial score (nSPS) is 18.0. The van der Waals surface area contributed by atoms with Crippen molar-refractivity contribution < 1.29 is 14.0 Å². The fraction of sp³-hybridized carbons (Fsp3) is 0.429. The lowest BCUT2D eigenvalue weighted by molar-refractivity contribution is 0.00755. The first-order chi connectivity index (χ1) is 9.85. The summed E-state index contributed by atoms with van der Waals surface area (Å²) in [5, 5.41) is 7.24. The molecule has 1 fully saturated rings. The Hall–Kier alpha value is -1.63. The Morgan fingerprint density at radius 3 is 2.81 bits per heavy atom. The van der Waals surface area contributed by atoms with Crippen molar-refractivity contribution in [2.75, 3.05) is 26.8 Å². The molecule has 1 aromatic heterocycles. The zero-order chi connectivity index (χ0) is 13.8. The van der Waals surface area contributed by atoms with E-state index < -0.39 is 0 Å². The molecule has 0 saturated carbocycles. The number of aromatic nitrogens is 2. The molecule has 0 bridgehead atoms. The SMILES string of the molecule is COc1ccc(Cc2noc([C@H]3CNCCO3)n2)cc1.Cl. The lowest BCUT2D eigenvalue weighted by Gasteiger charge is -2.19. The van der Waals surface area contributed by atoms with E-state index >= 15 is 0 Å². The van der Waals surface area contributed by atoms with Crippen LogP contribution in [-0.2, 0) is 11.2 Å². The van der Waals surface area contributed by atoms with Gasteiger partial charge in [-0.3, -0.25) is 0 Å². The molecule has 114 valence electrons. The van der Waals surface area contributed by atoms with Crippen molar-refractivity contribution in [3.05, 3.63) is 41.5 Å². The number of methoxy groups -OCH3 is 1. The predicted molar refractivity (Wildman–Crippen MR) is 78.9 cm³/mol. The Kier molecular flexibility index (Phi) is 5.55. The zero-order valence-electron chi connectivity index (χ0n) is 11.7. The van der Waals surface area contributed by atoms with Crippen molar-refractivity contribution in [3.8, 4) is 5.75 Å². The first-order valence-electron chi connectivity index (χ1n) is 6.63. The number of nitrogens with one attached hydrogen (secondary N) is 1. The van der Waals surface area contributed by atoms with Gasteiger partial charge in [-0.2, -0.15) is 4.98 Å². The van der Waals surface area contributed by atoms with Gasteiger partial charge >= 0.3 is 0 Å². The minimum absolute atomic E-state index is 0. The summed E-state index contributed by atoms with van der Waals surface area (Å²) in [4.78, 5) is 4.40. The smallest absolute Gasteiger partial charge is 0.257 e. The summed E-state index contributed by atoms with van der Waals surface area (Å²) in [5.74, 6) is 2.05. The molecule has 1 aliphatic rings. The van der Waals surface area contributed by atoms with E-state index in [1.807, 2.05) is 24.3 Å². The van der Waals surface area contributed by atoms with Gasteiger partial charge in [-0.1, -0.05) is 17.3 Å². The van der Waals surface area contributed by atoms with E-state index in [1.165, 1.54) is 0 Å². The standard InChI is InChI=1S/C14H17N3O3.ClH/c1-18-11-4-2-10(3-5-11)8-13-16-14(20-17-13)12-9-15-6-7-19-12;/h2-5,12,15H,6-9H2,1H3;1H/t12-;/m1./s1. The van der Waals surface area contributed by atoms with E-state index in [-0.39, 0.29) is 18.5 Å². The highest BCUT2D eigenvalue weighted by Gasteiger charge is 2.22. The second-order valence-corrected chi connectivity index (χ2v) is 4.64. The van der Waals surface area contributed by atoms with E-state index in [9.17, 15) is 0 Å². The van der Waals surface area contributed by atoms with Crippen LogP contribution in [0.25, 0.3) is 0 Å². The van der Waals surface area contributed by atoms with Crippen LogP contribution in [0.3, 0.4) is 0 Å². The Bertz CT molecular complexity index is 553. The van der Waals surface area contributed by atoms with Gasteiger partial charge in [-0.25, -0.2) is 0 Å². The summed E-state index contributed by atoms with van der Waals surface area (Å²) in [6, 6.07) is 7.83. The quantitative estimate of drug-likeness (QED) is 0.927. The second kappa shape index (κ2) is 7.40. The topological polar surface area (TPSA) is 69.4 Å². The monoisotopic (exact) mass is 311 g/mol. The van der Waals surface area contributed by atoms with Gasteiger partial charge in [0.2, 0.25) is 0 Å².